The lowest BCUT2D eigenvalue weighted by atomic mass is 10.1. The smallest absolute Gasteiger partial charge is 0.265 e. The van der Waals surface area contributed by atoms with Crippen molar-refractivity contribution in [3.05, 3.63) is 51.2 Å². The number of carbonyl (C=O) groups is 2. The minimum absolute atomic E-state index is 0.110. The van der Waals surface area contributed by atoms with Crippen molar-refractivity contribution in [1.82, 2.24) is 0 Å². The number of anilines is 1. The van der Waals surface area contributed by atoms with E-state index < -0.39 is 5.91 Å². The van der Waals surface area contributed by atoms with E-state index in [2.05, 4.69) is 5.32 Å². The molecule has 0 bridgehead atoms. The third-order valence-corrected chi connectivity index (χ3v) is 4.17. The molecule has 2 amide bonds. The Bertz CT molecular complexity index is 642. The Hall–Kier alpha value is -2.14. The lowest BCUT2D eigenvalue weighted by Gasteiger charge is -2.08. The van der Waals surface area contributed by atoms with Crippen molar-refractivity contribution in [3.63, 3.8) is 0 Å². The average Bonchev–Trinajstić information content (AvgIpc) is 2.71. The van der Waals surface area contributed by atoms with E-state index in [-0.39, 0.29) is 12.3 Å². The predicted octanol–water partition coefficient (Wildman–Crippen LogP) is 2.65. The van der Waals surface area contributed by atoms with Crippen LogP contribution in [-0.4, -0.2) is 11.8 Å². The molecule has 0 fully saturated rings. The number of rotatable bonds is 4. The van der Waals surface area contributed by atoms with Crippen LogP contribution in [0.2, 0.25) is 0 Å². The molecule has 0 aliphatic heterocycles. The first-order chi connectivity index (χ1) is 9.47. The molecule has 1 aromatic heterocycles. The summed E-state index contributed by atoms with van der Waals surface area (Å²) < 4.78 is 0. The van der Waals surface area contributed by atoms with Gasteiger partial charge in [0.15, 0.2) is 0 Å². The Morgan fingerprint density at radius 3 is 2.55 bits per heavy atom. The zero-order chi connectivity index (χ0) is 14.7. The van der Waals surface area contributed by atoms with Crippen molar-refractivity contribution in [1.29, 1.82) is 0 Å². The maximum Gasteiger partial charge on any atom is 0.265 e. The quantitative estimate of drug-likeness (QED) is 0.907. The van der Waals surface area contributed by atoms with Crippen molar-refractivity contribution >= 4 is 28.8 Å². The Kier molecular flexibility index (Phi) is 4.20. The summed E-state index contributed by atoms with van der Waals surface area (Å²) in [5.74, 6) is -0.586. The molecule has 0 atom stereocenters. The predicted molar refractivity (Wildman–Crippen MR) is 81.1 cm³/mol. The minimum Gasteiger partial charge on any atom is -0.369 e. The first-order valence-corrected chi connectivity index (χ1v) is 7.03. The third kappa shape index (κ3) is 3.24. The number of thiophene rings is 1. The van der Waals surface area contributed by atoms with Gasteiger partial charge in [-0.25, -0.2) is 0 Å². The van der Waals surface area contributed by atoms with Crippen LogP contribution in [0, 0.1) is 13.8 Å². The number of nitrogens with one attached hydrogen (secondary N) is 1. The maximum atomic E-state index is 12.2. The highest BCUT2D eigenvalue weighted by Gasteiger charge is 2.13. The summed E-state index contributed by atoms with van der Waals surface area (Å²) >= 11 is 1.46. The molecule has 0 aliphatic carbocycles. The van der Waals surface area contributed by atoms with E-state index in [9.17, 15) is 9.59 Å². The van der Waals surface area contributed by atoms with Crippen LogP contribution >= 0.6 is 11.3 Å². The van der Waals surface area contributed by atoms with Crippen LogP contribution in [0.1, 0.15) is 25.7 Å². The largest absolute Gasteiger partial charge is 0.369 e. The fourth-order valence-electron chi connectivity index (χ4n) is 1.85. The van der Waals surface area contributed by atoms with E-state index >= 15 is 0 Å². The summed E-state index contributed by atoms with van der Waals surface area (Å²) in [5.41, 5.74) is 7.66. The van der Waals surface area contributed by atoms with Crippen LogP contribution in [0.4, 0.5) is 5.69 Å². The Balaban J connectivity index is 2.21. The molecule has 3 N–H and O–H groups in total. The molecule has 20 heavy (non-hydrogen) atoms. The zero-order valence-corrected chi connectivity index (χ0v) is 12.2. The Morgan fingerprint density at radius 2 is 1.95 bits per heavy atom. The van der Waals surface area contributed by atoms with Crippen molar-refractivity contribution in [2.75, 3.05) is 5.32 Å². The van der Waals surface area contributed by atoms with Gasteiger partial charge in [0.05, 0.1) is 11.3 Å². The standard InChI is InChI=1S/C15H16N2O2S/c1-9-7-13(20-10(9)2)15(19)17-12-6-4-3-5-11(12)8-14(16)18/h3-7H,8H2,1-2H3,(H2,16,18)(H,17,19). The average molecular weight is 288 g/mol. The number of hydrogen-bond donors (Lipinski definition) is 2. The summed E-state index contributed by atoms with van der Waals surface area (Å²) in [6.45, 7) is 3.96. The van der Waals surface area contributed by atoms with Crippen LogP contribution in [-0.2, 0) is 11.2 Å². The Morgan fingerprint density at radius 1 is 1.25 bits per heavy atom. The van der Waals surface area contributed by atoms with Gasteiger partial charge in [-0.3, -0.25) is 9.59 Å². The highest BCUT2D eigenvalue weighted by molar-refractivity contribution is 7.14. The molecule has 104 valence electrons. The number of nitrogens with two attached hydrogens (primary N) is 1. The monoisotopic (exact) mass is 288 g/mol. The van der Waals surface area contributed by atoms with Crippen molar-refractivity contribution in [3.8, 4) is 0 Å². The molecule has 2 rings (SSSR count). The van der Waals surface area contributed by atoms with Gasteiger partial charge in [0.25, 0.3) is 5.91 Å². The molecule has 0 saturated carbocycles. The van der Waals surface area contributed by atoms with E-state index in [0.717, 1.165) is 16.0 Å². The van der Waals surface area contributed by atoms with Crippen molar-refractivity contribution < 1.29 is 9.59 Å². The van der Waals surface area contributed by atoms with E-state index in [0.29, 0.717) is 10.6 Å². The molecule has 0 aliphatic rings. The lowest BCUT2D eigenvalue weighted by Crippen LogP contribution is -2.17. The topological polar surface area (TPSA) is 72.2 Å². The van der Waals surface area contributed by atoms with E-state index in [4.69, 9.17) is 5.73 Å². The molecule has 2 aromatic rings. The van der Waals surface area contributed by atoms with Crippen LogP contribution in [0.25, 0.3) is 0 Å². The van der Waals surface area contributed by atoms with Gasteiger partial charge in [0.2, 0.25) is 5.91 Å². The number of amides is 2. The van der Waals surface area contributed by atoms with Crippen LogP contribution in [0.3, 0.4) is 0 Å². The van der Waals surface area contributed by atoms with Gasteiger partial charge in [-0.05, 0) is 37.1 Å². The van der Waals surface area contributed by atoms with Gasteiger partial charge in [0.1, 0.15) is 0 Å². The number of primary amides is 1. The fourth-order valence-corrected chi connectivity index (χ4v) is 2.78. The highest BCUT2D eigenvalue weighted by Crippen LogP contribution is 2.23. The third-order valence-electron chi connectivity index (χ3n) is 3.02. The SMILES string of the molecule is Cc1cc(C(=O)Nc2ccccc2CC(N)=O)sc1C. The normalized spacial score (nSPS) is 10.3. The molecule has 0 saturated heterocycles. The van der Waals surface area contributed by atoms with E-state index in [1.54, 1.807) is 12.1 Å². The number of benzene rings is 1. The molecule has 0 radical (unpaired) electrons. The number of para-hydroxylation sites is 1. The first kappa shape index (κ1) is 14.3. The Labute approximate surface area is 121 Å². The molecule has 0 spiro atoms. The van der Waals surface area contributed by atoms with Crippen molar-refractivity contribution in [2.24, 2.45) is 5.73 Å². The van der Waals surface area contributed by atoms with Gasteiger partial charge >= 0.3 is 0 Å². The minimum atomic E-state index is -0.422. The van der Waals surface area contributed by atoms with Crippen LogP contribution < -0.4 is 11.1 Å². The second-order valence-electron chi connectivity index (χ2n) is 4.60. The van der Waals surface area contributed by atoms with E-state index in [1.165, 1.54) is 11.3 Å². The first-order valence-electron chi connectivity index (χ1n) is 6.22. The molecule has 4 nitrogen and oxygen atoms in total. The van der Waals surface area contributed by atoms with Gasteiger partial charge in [-0.2, -0.15) is 0 Å². The molecule has 0 unspecified atom stereocenters. The molecular weight excluding hydrogens is 272 g/mol. The summed E-state index contributed by atoms with van der Waals surface area (Å²) in [5, 5.41) is 2.84. The number of hydrogen-bond acceptors (Lipinski definition) is 3. The van der Waals surface area contributed by atoms with Crippen LogP contribution in [0.15, 0.2) is 30.3 Å². The molecule has 5 heteroatoms. The van der Waals surface area contributed by atoms with Gasteiger partial charge in [-0.15, -0.1) is 11.3 Å². The second kappa shape index (κ2) is 5.88. The summed E-state index contributed by atoms with van der Waals surface area (Å²) in [6, 6.07) is 9.04. The summed E-state index contributed by atoms with van der Waals surface area (Å²) in [6.07, 6.45) is 0.110. The zero-order valence-electron chi connectivity index (χ0n) is 11.4. The van der Waals surface area contributed by atoms with Gasteiger partial charge < -0.3 is 11.1 Å². The second-order valence-corrected chi connectivity index (χ2v) is 5.86. The summed E-state index contributed by atoms with van der Waals surface area (Å²) in [4.78, 5) is 25.0. The maximum absolute atomic E-state index is 12.2. The summed E-state index contributed by atoms with van der Waals surface area (Å²) in [7, 11) is 0. The molecule has 1 aromatic carbocycles. The molecular formula is C15H16N2O2S. The van der Waals surface area contributed by atoms with Gasteiger partial charge in [-0.1, -0.05) is 18.2 Å². The molecule has 1 heterocycles. The van der Waals surface area contributed by atoms with Crippen molar-refractivity contribution in [2.45, 2.75) is 20.3 Å². The highest BCUT2D eigenvalue weighted by atomic mass is 32.1. The van der Waals surface area contributed by atoms with Crippen LogP contribution in [0.5, 0.6) is 0 Å². The lowest BCUT2D eigenvalue weighted by molar-refractivity contribution is -0.117. The number of aryl methyl sites for hydroxylation is 2. The number of carbonyl (C=O) groups excluding carboxylic acids is 2. The van der Waals surface area contributed by atoms with Gasteiger partial charge in [0, 0.05) is 10.6 Å². The fraction of sp³-hybridized carbons (Fsp3) is 0.200. The van der Waals surface area contributed by atoms with E-state index in [1.807, 2.05) is 32.0 Å².